The van der Waals surface area contributed by atoms with Gasteiger partial charge in [0.25, 0.3) is 10.0 Å². The second-order valence-corrected chi connectivity index (χ2v) is 6.80. The molecule has 1 unspecified atom stereocenters. The van der Waals surface area contributed by atoms with Gasteiger partial charge in [-0.3, -0.25) is 4.79 Å². The summed E-state index contributed by atoms with van der Waals surface area (Å²) in [7, 11) is -3.75. The zero-order valence-electron chi connectivity index (χ0n) is 11.9. The average Bonchev–Trinajstić information content (AvgIpc) is 2.83. The number of aromatic amines is 1. The Labute approximate surface area is 118 Å². The zero-order valence-corrected chi connectivity index (χ0v) is 12.7. The maximum atomic E-state index is 12.0. The Bertz CT molecular complexity index is 551. The second-order valence-electron chi connectivity index (χ2n) is 5.06. The van der Waals surface area contributed by atoms with E-state index in [1.807, 2.05) is 20.8 Å². The summed E-state index contributed by atoms with van der Waals surface area (Å²) in [6.07, 6.45) is 2.25. The van der Waals surface area contributed by atoms with E-state index in [-0.39, 0.29) is 17.5 Å². The predicted molar refractivity (Wildman–Crippen MR) is 73.7 cm³/mol. The highest BCUT2D eigenvalue weighted by atomic mass is 32.2. The van der Waals surface area contributed by atoms with Gasteiger partial charge < -0.3 is 10.1 Å². The Hall–Kier alpha value is -1.41. The van der Waals surface area contributed by atoms with Gasteiger partial charge in [-0.15, -0.1) is 0 Å². The first-order chi connectivity index (χ1) is 9.26. The molecule has 0 aliphatic heterocycles. The third-order valence-electron chi connectivity index (χ3n) is 2.85. The van der Waals surface area contributed by atoms with Crippen LogP contribution in [0.5, 0.6) is 0 Å². The molecule has 0 amide bonds. The number of hydrogen-bond donors (Lipinski definition) is 3. The smallest absolute Gasteiger partial charge is 0.307 e. The molecule has 0 aliphatic carbocycles. The summed E-state index contributed by atoms with van der Waals surface area (Å²) in [4.78, 5) is 17.7. The highest BCUT2D eigenvalue weighted by Crippen LogP contribution is 2.13. The Balaban J connectivity index is 2.73. The fourth-order valence-corrected chi connectivity index (χ4v) is 2.81. The Morgan fingerprint density at radius 1 is 1.50 bits per heavy atom. The minimum absolute atomic E-state index is 0.0389. The van der Waals surface area contributed by atoms with Crippen LogP contribution in [0.2, 0.25) is 0 Å². The molecule has 20 heavy (non-hydrogen) atoms. The van der Waals surface area contributed by atoms with Crippen LogP contribution in [0.25, 0.3) is 0 Å². The van der Waals surface area contributed by atoms with Crippen molar-refractivity contribution in [2.75, 3.05) is 6.54 Å². The lowest BCUT2D eigenvalue weighted by atomic mass is 9.98. The molecule has 0 spiro atoms. The van der Waals surface area contributed by atoms with Gasteiger partial charge >= 0.3 is 5.97 Å². The van der Waals surface area contributed by atoms with Gasteiger partial charge in [0.2, 0.25) is 0 Å². The minimum atomic E-state index is -3.75. The number of H-pyrrole nitrogens is 1. The van der Waals surface area contributed by atoms with Crippen LogP contribution in [-0.2, 0) is 21.2 Å². The molecule has 0 saturated carbocycles. The van der Waals surface area contributed by atoms with Crippen molar-refractivity contribution in [3.63, 3.8) is 0 Å². The molecule has 8 heteroatoms. The van der Waals surface area contributed by atoms with E-state index in [1.54, 1.807) is 0 Å². The van der Waals surface area contributed by atoms with E-state index in [0.717, 1.165) is 0 Å². The highest BCUT2D eigenvalue weighted by molar-refractivity contribution is 7.89. The van der Waals surface area contributed by atoms with Gasteiger partial charge in [-0.1, -0.05) is 20.8 Å². The van der Waals surface area contributed by atoms with Crippen LogP contribution in [0.15, 0.2) is 11.2 Å². The lowest BCUT2D eigenvalue weighted by molar-refractivity contribution is -0.142. The number of carboxylic acids is 1. The lowest BCUT2D eigenvalue weighted by Crippen LogP contribution is -2.33. The van der Waals surface area contributed by atoms with Gasteiger partial charge in [0, 0.05) is 13.0 Å². The number of imidazole rings is 1. The molecule has 7 nitrogen and oxygen atoms in total. The number of carbonyl (C=O) groups is 1. The van der Waals surface area contributed by atoms with Gasteiger partial charge in [-0.05, 0) is 12.3 Å². The summed E-state index contributed by atoms with van der Waals surface area (Å²) in [6, 6.07) is 0. The lowest BCUT2D eigenvalue weighted by Gasteiger charge is -2.15. The molecule has 0 fully saturated rings. The van der Waals surface area contributed by atoms with Crippen LogP contribution < -0.4 is 4.72 Å². The highest BCUT2D eigenvalue weighted by Gasteiger charge is 2.23. The van der Waals surface area contributed by atoms with E-state index in [4.69, 9.17) is 5.11 Å². The van der Waals surface area contributed by atoms with Crippen LogP contribution in [0, 0.1) is 11.8 Å². The van der Waals surface area contributed by atoms with Gasteiger partial charge in [-0.25, -0.2) is 18.1 Å². The fourth-order valence-electron chi connectivity index (χ4n) is 1.79. The van der Waals surface area contributed by atoms with Crippen LogP contribution in [0.1, 0.15) is 33.0 Å². The molecule has 1 atom stereocenters. The standard InChI is InChI=1S/C12H21N3O4S/c1-4-10-13-7-11(15-10)20(18,19)14-6-9(12(16)17)5-8(2)3/h7-9,14H,4-6H2,1-3H3,(H,13,15)(H,16,17). The molecular formula is C12H21N3O4S. The summed E-state index contributed by atoms with van der Waals surface area (Å²) in [5, 5.41) is 9.04. The average molecular weight is 303 g/mol. The molecule has 3 N–H and O–H groups in total. The molecule has 1 heterocycles. The number of aryl methyl sites for hydroxylation is 1. The number of rotatable bonds is 8. The molecule has 0 bridgehead atoms. The van der Waals surface area contributed by atoms with Gasteiger partial charge in [-0.2, -0.15) is 0 Å². The van der Waals surface area contributed by atoms with E-state index < -0.39 is 21.9 Å². The van der Waals surface area contributed by atoms with Crippen LogP contribution >= 0.6 is 0 Å². The largest absolute Gasteiger partial charge is 0.481 e. The van der Waals surface area contributed by atoms with Crippen molar-refractivity contribution in [2.24, 2.45) is 11.8 Å². The van der Waals surface area contributed by atoms with Gasteiger partial charge in [0.1, 0.15) is 5.82 Å². The van der Waals surface area contributed by atoms with Gasteiger partial charge in [0.15, 0.2) is 5.03 Å². The molecule has 1 aromatic heterocycles. The van der Waals surface area contributed by atoms with E-state index in [9.17, 15) is 13.2 Å². The van der Waals surface area contributed by atoms with Crippen LogP contribution in [0.3, 0.4) is 0 Å². The number of aromatic nitrogens is 2. The Morgan fingerprint density at radius 3 is 2.60 bits per heavy atom. The summed E-state index contributed by atoms with van der Waals surface area (Å²) >= 11 is 0. The van der Waals surface area contributed by atoms with Crippen molar-refractivity contribution in [1.29, 1.82) is 0 Å². The minimum Gasteiger partial charge on any atom is -0.481 e. The summed E-state index contributed by atoms with van der Waals surface area (Å²) in [5.41, 5.74) is 0. The number of nitrogens with zero attached hydrogens (tertiary/aromatic N) is 1. The van der Waals surface area contributed by atoms with Crippen LogP contribution in [0.4, 0.5) is 0 Å². The summed E-state index contributed by atoms with van der Waals surface area (Å²) < 4.78 is 26.3. The first-order valence-corrected chi connectivity index (χ1v) is 8.01. The second kappa shape index (κ2) is 6.85. The number of hydrogen-bond acceptors (Lipinski definition) is 4. The van der Waals surface area contributed by atoms with Crippen LogP contribution in [-0.4, -0.2) is 36.0 Å². The predicted octanol–water partition coefficient (Wildman–Crippen LogP) is 0.997. The van der Waals surface area contributed by atoms with E-state index >= 15 is 0 Å². The first kappa shape index (κ1) is 16.6. The third-order valence-corrected chi connectivity index (χ3v) is 4.19. The molecule has 0 saturated heterocycles. The van der Waals surface area contributed by atoms with Crippen molar-refractivity contribution < 1.29 is 18.3 Å². The number of nitrogens with one attached hydrogen (secondary N) is 2. The van der Waals surface area contributed by atoms with Crippen molar-refractivity contribution in [3.05, 3.63) is 12.0 Å². The number of carboxylic acid groups (broad SMARTS) is 1. The molecule has 1 aromatic rings. The van der Waals surface area contributed by atoms with Crippen molar-refractivity contribution in [1.82, 2.24) is 14.7 Å². The zero-order chi connectivity index (χ0) is 15.3. The fraction of sp³-hybridized carbons (Fsp3) is 0.667. The maximum Gasteiger partial charge on any atom is 0.307 e. The van der Waals surface area contributed by atoms with E-state index in [2.05, 4.69) is 14.7 Å². The molecule has 0 radical (unpaired) electrons. The molecule has 1 rings (SSSR count). The third kappa shape index (κ3) is 4.61. The van der Waals surface area contributed by atoms with Gasteiger partial charge in [0.05, 0.1) is 12.1 Å². The van der Waals surface area contributed by atoms with Crippen molar-refractivity contribution in [2.45, 2.75) is 38.6 Å². The SMILES string of the molecule is CCc1ncc(S(=O)(=O)NCC(CC(C)C)C(=O)O)[nH]1. The monoisotopic (exact) mass is 303 g/mol. The van der Waals surface area contributed by atoms with Crippen molar-refractivity contribution >= 4 is 16.0 Å². The Morgan fingerprint density at radius 2 is 2.15 bits per heavy atom. The molecule has 0 aliphatic rings. The quantitative estimate of drug-likeness (QED) is 0.663. The molecule has 114 valence electrons. The number of aliphatic carboxylic acids is 1. The first-order valence-electron chi connectivity index (χ1n) is 6.52. The summed E-state index contributed by atoms with van der Waals surface area (Å²) in [5.74, 6) is -0.986. The van der Waals surface area contributed by atoms with Crippen molar-refractivity contribution in [3.8, 4) is 0 Å². The summed E-state index contributed by atoms with van der Waals surface area (Å²) in [6.45, 7) is 5.52. The molecular weight excluding hydrogens is 282 g/mol. The normalized spacial score (nSPS) is 13.6. The van der Waals surface area contributed by atoms with E-state index in [0.29, 0.717) is 18.7 Å². The topological polar surface area (TPSA) is 112 Å². The number of sulfonamides is 1. The maximum absolute atomic E-state index is 12.0. The molecule has 0 aromatic carbocycles. The van der Waals surface area contributed by atoms with E-state index in [1.165, 1.54) is 6.20 Å². The Kier molecular flexibility index (Phi) is 5.70.